The van der Waals surface area contributed by atoms with Crippen LogP contribution in [0, 0.1) is 0 Å². The van der Waals surface area contributed by atoms with Crippen LogP contribution in [0.3, 0.4) is 0 Å². The van der Waals surface area contributed by atoms with Crippen LogP contribution in [0.15, 0.2) is 24.3 Å². The first-order valence-electron chi connectivity index (χ1n) is 9.42. The van der Waals surface area contributed by atoms with E-state index in [9.17, 15) is 0 Å². The monoisotopic (exact) mass is 348 g/mol. The van der Waals surface area contributed by atoms with Crippen molar-refractivity contribution in [2.75, 3.05) is 63.9 Å². The summed E-state index contributed by atoms with van der Waals surface area (Å²) >= 11 is 0. The Kier molecular flexibility index (Phi) is 7.75. The first-order valence-corrected chi connectivity index (χ1v) is 9.42. The number of anilines is 1. The molecule has 0 amide bonds. The number of rotatable bonds is 8. The molecule has 0 bridgehead atoms. The molecule has 0 saturated carbocycles. The third kappa shape index (κ3) is 5.46. The van der Waals surface area contributed by atoms with Crippen molar-refractivity contribution in [3.05, 3.63) is 29.8 Å². The second kappa shape index (κ2) is 9.80. The van der Waals surface area contributed by atoms with Gasteiger partial charge in [-0.3, -0.25) is 9.80 Å². The number of allylic oxidation sites excluding steroid dienone is 1. The lowest BCUT2D eigenvalue weighted by molar-refractivity contribution is 0.120. The van der Waals surface area contributed by atoms with Gasteiger partial charge in [-0.25, -0.2) is 0 Å². The summed E-state index contributed by atoms with van der Waals surface area (Å²) in [4.78, 5) is 7.01. The Balaban J connectivity index is 1.96. The highest BCUT2D eigenvalue weighted by molar-refractivity contribution is 5.71. The van der Waals surface area contributed by atoms with Gasteiger partial charge in [0, 0.05) is 58.0 Å². The lowest BCUT2D eigenvalue weighted by Gasteiger charge is -2.33. The van der Waals surface area contributed by atoms with Crippen LogP contribution < -0.4 is 4.90 Å². The summed E-state index contributed by atoms with van der Waals surface area (Å²) < 4.78 is 0. The maximum Gasteiger partial charge on any atom is 0.263 e. The van der Waals surface area contributed by atoms with Gasteiger partial charge in [0.15, 0.2) is 0 Å². The summed E-state index contributed by atoms with van der Waals surface area (Å²) in [5.74, 6) is 0.603. The van der Waals surface area contributed by atoms with Gasteiger partial charge in [0.25, 0.3) is 5.75 Å². The average Bonchev–Trinajstić information content (AvgIpc) is 2.62. The summed E-state index contributed by atoms with van der Waals surface area (Å²) in [5.41, 5.74) is 3.33. The first kappa shape index (κ1) is 19.8. The fourth-order valence-electron chi connectivity index (χ4n) is 3.37. The van der Waals surface area contributed by atoms with Gasteiger partial charge in [0.05, 0.1) is 18.2 Å². The number of β-amino-alcohol motifs (C(OH)–C–C–N with tert-alkyl or cyclic N) is 1. The van der Waals surface area contributed by atoms with Gasteiger partial charge < -0.3 is 15.1 Å². The molecule has 1 aliphatic heterocycles. The predicted molar refractivity (Wildman–Crippen MR) is 107 cm³/mol. The summed E-state index contributed by atoms with van der Waals surface area (Å²) in [6.45, 7) is 14.4. The number of hydrogen-bond donors (Lipinski definition) is 1. The van der Waals surface area contributed by atoms with Gasteiger partial charge in [-0.2, -0.15) is 0 Å². The van der Waals surface area contributed by atoms with Crippen molar-refractivity contribution < 1.29 is 10.2 Å². The van der Waals surface area contributed by atoms with E-state index in [2.05, 4.69) is 53.7 Å². The quantitative estimate of drug-likeness (QED) is 0.730. The highest BCUT2D eigenvalue weighted by Crippen LogP contribution is 2.29. The Morgan fingerprint density at radius 1 is 1.16 bits per heavy atom. The Morgan fingerprint density at radius 2 is 1.80 bits per heavy atom. The molecule has 1 aliphatic rings. The zero-order valence-corrected chi connectivity index (χ0v) is 16.0. The van der Waals surface area contributed by atoms with E-state index in [-0.39, 0.29) is 6.61 Å². The zero-order chi connectivity index (χ0) is 18.2. The molecule has 0 atom stereocenters. The molecule has 25 heavy (non-hydrogen) atoms. The number of piperazine rings is 1. The smallest absolute Gasteiger partial charge is 0.263 e. The molecule has 1 fully saturated rings. The third-order valence-electron chi connectivity index (χ3n) is 5.09. The van der Waals surface area contributed by atoms with E-state index in [4.69, 9.17) is 10.2 Å². The van der Waals surface area contributed by atoms with E-state index in [0.29, 0.717) is 5.75 Å². The van der Waals surface area contributed by atoms with Crippen molar-refractivity contribution in [1.29, 1.82) is 0 Å². The minimum atomic E-state index is 0.245. The van der Waals surface area contributed by atoms with E-state index in [1.807, 2.05) is 6.07 Å². The second-order valence-corrected chi connectivity index (χ2v) is 6.66. The van der Waals surface area contributed by atoms with Gasteiger partial charge in [0.2, 0.25) is 0 Å². The van der Waals surface area contributed by atoms with E-state index in [0.717, 1.165) is 63.6 Å². The summed E-state index contributed by atoms with van der Waals surface area (Å²) in [6.07, 6.45) is 2.24. The molecule has 5 nitrogen and oxygen atoms in total. The van der Waals surface area contributed by atoms with E-state index < -0.39 is 0 Å². The Morgan fingerprint density at radius 3 is 2.36 bits per heavy atom. The molecule has 1 aromatic carbocycles. The molecule has 0 radical (unpaired) electrons. The number of aliphatic hydroxyl groups is 1. The SMILES string of the molecule is CCN(CC)c1ccc(/C(C)=C\CN2CCN(CCO)CC2)c([OH2+])c1. The van der Waals surface area contributed by atoms with Crippen LogP contribution in [-0.4, -0.2) is 79.0 Å². The number of nitrogens with zero attached hydrogens (tertiary/aromatic N) is 3. The Bertz CT molecular complexity index is 562. The van der Waals surface area contributed by atoms with Crippen molar-refractivity contribution in [3.8, 4) is 5.75 Å². The predicted octanol–water partition coefficient (Wildman–Crippen LogP) is 1.98. The van der Waals surface area contributed by atoms with Gasteiger partial charge in [0.1, 0.15) is 0 Å². The summed E-state index contributed by atoms with van der Waals surface area (Å²) in [5, 5.41) is 17.4. The maximum absolute atomic E-state index is 9.01. The first-order chi connectivity index (χ1) is 12.1. The van der Waals surface area contributed by atoms with Crippen molar-refractivity contribution in [1.82, 2.24) is 9.80 Å². The lowest BCUT2D eigenvalue weighted by atomic mass is 10.0. The fraction of sp³-hybridized carbons (Fsp3) is 0.600. The molecular formula is C20H34N3O2+. The van der Waals surface area contributed by atoms with Crippen LogP contribution in [-0.2, 0) is 0 Å². The highest BCUT2D eigenvalue weighted by Gasteiger charge is 2.16. The van der Waals surface area contributed by atoms with Crippen LogP contribution in [0.1, 0.15) is 26.3 Å². The third-order valence-corrected chi connectivity index (χ3v) is 5.09. The molecule has 1 heterocycles. The van der Waals surface area contributed by atoms with E-state index in [1.165, 1.54) is 5.57 Å². The molecule has 3 N–H and O–H groups in total. The van der Waals surface area contributed by atoms with Crippen molar-refractivity contribution in [2.45, 2.75) is 20.8 Å². The van der Waals surface area contributed by atoms with Gasteiger partial charge in [-0.15, -0.1) is 0 Å². The molecule has 1 saturated heterocycles. The zero-order valence-electron chi connectivity index (χ0n) is 16.0. The molecule has 0 unspecified atom stereocenters. The second-order valence-electron chi connectivity index (χ2n) is 6.66. The van der Waals surface area contributed by atoms with Crippen LogP contribution in [0.25, 0.3) is 5.57 Å². The molecule has 5 heteroatoms. The lowest BCUT2D eigenvalue weighted by Crippen LogP contribution is -2.47. The fourth-order valence-corrected chi connectivity index (χ4v) is 3.37. The minimum absolute atomic E-state index is 0.245. The number of hydrogen-bond acceptors (Lipinski definition) is 4. The van der Waals surface area contributed by atoms with Crippen LogP contribution in [0.5, 0.6) is 5.75 Å². The van der Waals surface area contributed by atoms with Crippen LogP contribution in [0.2, 0.25) is 0 Å². The van der Waals surface area contributed by atoms with E-state index >= 15 is 0 Å². The Labute approximate surface area is 152 Å². The normalized spacial score (nSPS) is 17.0. The standard InChI is InChI=1S/C20H33N3O2/c1-4-23(5-2)18-6-7-19(20(25)16-18)17(3)8-9-21-10-12-22(13-11-21)14-15-24/h6-8,16,24-25H,4-5,9-15H2,1-3H3/p+1/b17-8-. The molecule has 2 rings (SSSR count). The summed E-state index contributed by atoms with van der Waals surface area (Å²) in [6, 6.07) is 6.19. The van der Waals surface area contributed by atoms with Gasteiger partial charge in [-0.05, 0) is 38.5 Å². The molecule has 140 valence electrons. The van der Waals surface area contributed by atoms with Crippen molar-refractivity contribution in [2.24, 2.45) is 0 Å². The van der Waals surface area contributed by atoms with Crippen molar-refractivity contribution >= 4 is 11.3 Å². The van der Waals surface area contributed by atoms with Crippen molar-refractivity contribution in [3.63, 3.8) is 0 Å². The Hall–Kier alpha value is -1.56. The number of aliphatic hydroxyl groups excluding tert-OH is 1. The maximum atomic E-state index is 9.01. The molecule has 0 aromatic heterocycles. The van der Waals surface area contributed by atoms with Crippen LogP contribution >= 0.6 is 0 Å². The summed E-state index contributed by atoms with van der Waals surface area (Å²) in [7, 11) is 0. The largest absolute Gasteiger partial charge is 0.593 e. The minimum Gasteiger partial charge on any atom is -0.593 e. The van der Waals surface area contributed by atoms with Crippen LogP contribution in [0.4, 0.5) is 5.69 Å². The molecular weight excluding hydrogens is 314 g/mol. The van der Waals surface area contributed by atoms with Gasteiger partial charge >= 0.3 is 0 Å². The molecule has 0 aliphatic carbocycles. The topological polar surface area (TPSA) is 52.9 Å². The highest BCUT2D eigenvalue weighted by atomic mass is 16.3. The number of benzene rings is 1. The molecule has 1 aromatic rings. The molecule has 0 spiro atoms. The van der Waals surface area contributed by atoms with E-state index in [1.54, 1.807) is 0 Å². The average molecular weight is 349 g/mol. The van der Waals surface area contributed by atoms with Gasteiger partial charge in [-0.1, -0.05) is 6.08 Å².